The van der Waals surface area contributed by atoms with Crippen molar-refractivity contribution in [1.29, 1.82) is 0 Å². The summed E-state index contributed by atoms with van der Waals surface area (Å²) in [5, 5.41) is 12.5. The molecule has 1 N–H and O–H groups in total. The Labute approximate surface area is 147 Å². The first-order valence-electron chi connectivity index (χ1n) is 8.60. The van der Waals surface area contributed by atoms with Gasteiger partial charge in [0.05, 0.1) is 12.0 Å². The zero-order valence-corrected chi connectivity index (χ0v) is 14.3. The molecule has 4 heteroatoms. The lowest BCUT2D eigenvalue weighted by molar-refractivity contribution is -0.0634. The predicted octanol–water partition coefficient (Wildman–Crippen LogP) is 4.84. The van der Waals surface area contributed by atoms with Crippen LogP contribution in [0.1, 0.15) is 43.2 Å². The van der Waals surface area contributed by atoms with E-state index >= 15 is 0 Å². The van der Waals surface area contributed by atoms with Gasteiger partial charge in [-0.2, -0.15) is 0 Å². The first kappa shape index (κ1) is 15.7. The molecule has 0 saturated heterocycles. The minimum absolute atomic E-state index is 0.292. The maximum atomic E-state index is 11.9. The second-order valence-electron chi connectivity index (χ2n) is 6.64. The Balaban J connectivity index is 1.88. The van der Waals surface area contributed by atoms with E-state index in [0.29, 0.717) is 11.1 Å². The molecule has 124 valence electrons. The third-order valence-electron chi connectivity index (χ3n) is 5.17. The SMILES string of the molecule is OC1(c2ccccc2)c2cc(Cl)ccc2N=CN1C1CCCCC1. The lowest BCUT2D eigenvalue weighted by Crippen LogP contribution is -2.53. The van der Waals surface area contributed by atoms with Gasteiger partial charge in [0.25, 0.3) is 0 Å². The largest absolute Gasteiger partial charge is 0.363 e. The van der Waals surface area contributed by atoms with Crippen LogP contribution in [-0.4, -0.2) is 22.4 Å². The van der Waals surface area contributed by atoms with Crippen molar-refractivity contribution < 1.29 is 5.11 Å². The number of rotatable bonds is 2. The predicted molar refractivity (Wildman–Crippen MR) is 97.8 cm³/mol. The van der Waals surface area contributed by atoms with Crippen molar-refractivity contribution in [3.8, 4) is 0 Å². The van der Waals surface area contributed by atoms with Gasteiger partial charge in [-0.3, -0.25) is 0 Å². The van der Waals surface area contributed by atoms with E-state index in [1.807, 2.05) is 59.8 Å². The average molecular weight is 341 g/mol. The lowest BCUT2D eigenvalue weighted by atomic mass is 9.86. The van der Waals surface area contributed by atoms with Gasteiger partial charge >= 0.3 is 0 Å². The van der Waals surface area contributed by atoms with Crippen LogP contribution in [0.15, 0.2) is 53.5 Å². The lowest BCUT2D eigenvalue weighted by Gasteiger charge is -2.47. The molecule has 0 radical (unpaired) electrons. The number of hydrogen-bond donors (Lipinski definition) is 1. The summed E-state index contributed by atoms with van der Waals surface area (Å²) < 4.78 is 0. The van der Waals surface area contributed by atoms with Crippen molar-refractivity contribution >= 4 is 23.6 Å². The molecule has 0 spiro atoms. The van der Waals surface area contributed by atoms with Crippen LogP contribution in [0.2, 0.25) is 5.02 Å². The minimum atomic E-state index is -1.23. The molecule has 0 bridgehead atoms. The van der Waals surface area contributed by atoms with E-state index in [2.05, 4.69) is 4.99 Å². The molecule has 2 aliphatic rings. The summed E-state index contributed by atoms with van der Waals surface area (Å²) in [6.07, 6.45) is 7.64. The molecule has 3 nitrogen and oxygen atoms in total. The summed E-state index contributed by atoms with van der Waals surface area (Å²) in [5.74, 6) is 0. The van der Waals surface area contributed by atoms with Crippen LogP contribution in [0.25, 0.3) is 0 Å². The fraction of sp³-hybridized carbons (Fsp3) is 0.350. The van der Waals surface area contributed by atoms with Gasteiger partial charge in [-0.1, -0.05) is 61.2 Å². The molecule has 1 heterocycles. The number of halogens is 1. The topological polar surface area (TPSA) is 35.8 Å². The minimum Gasteiger partial charge on any atom is -0.363 e. The van der Waals surface area contributed by atoms with Crippen LogP contribution in [0.4, 0.5) is 5.69 Å². The first-order valence-corrected chi connectivity index (χ1v) is 8.98. The van der Waals surface area contributed by atoms with Gasteiger partial charge in [0, 0.05) is 22.2 Å². The Morgan fingerprint density at radius 2 is 1.79 bits per heavy atom. The summed E-state index contributed by atoms with van der Waals surface area (Å²) in [7, 11) is 0. The van der Waals surface area contributed by atoms with Crippen molar-refractivity contribution in [1.82, 2.24) is 4.90 Å². The molecule has 1 fully saturated rings. The van der Waals surface area contributed by atoms with E-state index in [-0.39, 0.29) is 0 Å². The molecule has 1 aliphatic heterocycles. The molecule has 4 rings (SSSR count). The van der Waals surface area contributed by atoms with Gasteiger partial charge in [-0.15, -0.1) is 0 Å². The molecule has 2 aromatic carbocycles. The Bertz CT molecular complexity index is 755. The third kappa shape index (κ3) is 2.52. The van der Waals surface area contributed by atoms with Crippen LogP contribution in [-0.2, 0) is 5.72 Å². The van der Waals surface area contributed by atoms with E-state index in [1.54, 1.807) is 0 Å². The number of hydrogen-bond acceptors (Lipinski definition) is 3. The Kier molecular flexibility index (Phi) is 4.07. The molecule has 1 unspecified atom stereocenters. The number of nitrogens with zero attached hydrogens (tertiary/aromatic N) is 2. The summed E-state index contributed by atoms with van der Waals surface area (Å²) >= 11 is 6.24. The number of benzene rings is 2. The highest BCUT2D eigenvalue weighted by Gasteiger charge is 2.44. The first-order chi connectivity index (χ1) is 11.7. The molecule has 0 amide bonds. The van der Waals surface area contributed by atoms with E-state index in [0.717, 1.165) is 29.7 Å². The van der Waals surface area contributed by atoms with Gasteiger partial charge in [-0.25, -0.2) is 4.99 Å². The Morgan fingerprint density at radius 1 is 1.04 bits per heavy atom. The van der Waals surface area contributed by atoms with Gasteiger partial charge in [0.2, 0.25) is 0 Å². The standard InChI is InChI=1S/C20H21ClN2O/c21-16-11-12-19-18(13-16)20(24,15-7-3-1-4-8-15)23(14-22-19)17-9-5-2-6-10-17/h1,3-4,7-8,11-14,17,24H,2,5-6,9-10H2. The number of aliphatic imine (C=N–C) groups is 1. The molecule has 1 aliphatic carbocycles. The van der Waals surface area contributed by atoms with Crippen LogP contribution >= 0.6 is 11.6 Å². The highest BCUT2D eigenvalue weighted by Crippen LogP contribution is 2.44. The quantitative estimate of drug-likeness (QED) is 0.849. The third-order valence-corrected chi connectivity index (χ3v) is 5.41. The van der Waals surface area contributed by atoms with Crippen LogP contribution < -0.4 is 0 Å². The van der Waals surface area contributed by atoms with E-state index in [9.17, 15) is 5.11 Å². The maximum absolute atomic E-state index is 11.9. The van der Waals surface area contributed by atoms with Gasteiger partial charge in [-0.05, 0) is 31.0 Å². The van der Waals surface area contributed by atoms with Crippen LogP contribution in [0.3, 0.4) is 0 Å². The second kappa shape index (κ2) is 6.23. The summed E-state index contributed by atoms with van der Waals surface area (Å²) in [4.78, 5) is 6.64. The fourth-order valence-electron chi connectivity index (χ4n) is 3.94. The van der Waals surface area contributed by atoms with Crippen molar-refractivity contribution in [3.05, 3.63) is 64.7 Å². The molecular weight excluding hydrogens is 320 g/mol. The van der Waals surface area contributed by atoms with Crippen molar-refractivity contribution in [2.75, 3.05) is 0 Å². The fourth-order valence-corrected chi connectivity index (χ4v) is 4.11. The second-order valence-corrected chi connectivity index (χ2v) is 7.08. The van der Waals surface area contributed by atoms with E-state index in [4.69, 9.17) is 11.6 Å². The van der Waals surface area contributed by atoms with Crippen molar-refractivity contribution in [2.45, 2.75) is 43.9 Å². The molecule has 1 saturated carbocycles. The van der Waals surface area contributed by atoms with Crippen LogP contribution in [0.5, 0.6) is 0 Å². The zero-order chi connectivity index (χ0) is 16.6. The Hall–Kier alpha value is -1.84. The normalized spacial score (nSPS) is 24.0. The van der Waals surface area contributed by atoms with Crippen molar-refractivity contribution in [2.24, 2.45) is 4.99 Å². The molecular formula is C20H21ClN2O. The summed E-state index contributed by atoms with van der Waals surface area (Å²) in [5.41, 5.74) is 1.16. The molecule has 0 aromatic heterocycles. The smallest absolute Gasteiger partial charge is 0.194 e. The van der Waals surface area contributed by atoms with Crippen LogP contribution in [0, 0.1) is 0 Å². The maximum Gasteiger partial charge on any atom is 0.194 e. The molecule has 1 atom stereocenters. The highest BCUT2D eigenvalue weighted by molar-refractivity contribution is 6.30. The highest BCUT2D eigenvalue weighted by atomic mass is 35.5. The Morgan fingerprint density at radius 3 is 2.54 bits per heavy atom. The van der Waals surface area contributed by atoms with Crippen molar-refractivity contribution in [3.63, 3.8) is 0 Å². The van der Waals surface area contributed by atoms with E-state index in [1.165, 1.54) is 19.3 Å². The number of aliphatic hydroxyl groups is 1. The zero-order valence-electron chi connectivity index (χ0n) is 13.5. The average Bonchev–Trinajstić information content (AvgIpc) is 2.64. The van der Waals surface area contributed by atoms with Gasteiger partial charge in [0.15, 0.2) is 5.72 Å². The summed E-state index contributed by atoms with van der Waals surface area (Å²) in [6.45, 7) is 0. The van der Waals surface area contributed by atoms with Gasteiger partial charge in [0.1, 0.15) is 0 Å². The van der Waals surface area contributed by atoms with Gasteiger partial charge < -0.3 is 10.0 Å². The monoisotopic (exact) mass is 340 g/mol. The van der Waals surface area contributed by atoms with E-state index < -0.39 is 5.72 Å². The number of fused-ring (bicyclic) bond motifs is 1. The molecule has 2 aromatic rings. The summed E-state index contributed by atoms with van der Waals surface area (Å²) in [6, 6.07) is 15.7. The molecule has 24 heavy (non-hydrogen) atoms.